The summed E-state index contributed by atoms with van der Waals surface area (Å²) in [4.78, 5) is 15.1. The van der Waals surface area contributed by atoms with Crippen LogP contribution < -0.4 is 0 Å². The van der Waals surface area contributed by atoms with E-state index in [0.29, 0.717) is 10.7 Å². The number of hydrogen-bond donors (Lipinski definition) is 1. The van der Waals surface area contributed by atoms with Gasteiger partial charge in [0.2, 0.25) is 0 Å². The molecule has 1 heterocycles. The quantitative estimate of drug-likeness (QED) is 0.904. The number of hydrogen-bond acceptors (Lipinski definition) is 2. The van der Waals surface area contributed by atoms with E-state index in [1.807, 2.05) is 24.3 Å². The molecule has 96 valence electrons. The number of aromatic nitrogens is 1. The first kappa shape index (κ1) is 13.8. The van der Waals surface area contributed by atoms with Gasteiger partial charge in [-0.15, -0.1) is 0 Å². The van der Waals surface area contributed by atoms with Gasteiger partial charge in [0.05, 0.1) is 16.3 Å². The second-order valence-corrected chi connectivity index (χ2v) is 5.04. The van der Waals surface area contributed by atoms with Crippen LogP contribution in [0.5, 0.6) is 0 Å². The molecule has 2 rings (SSSR count). The van der Waals surface area contributed by atoms with Gasteiger partial charge < -0.3 is 5.11 Å². The molecular formula is C14H9BrClNO2. The van der Waals surface area contributed by atoms with Crippen molar-refractivity contribution in [2.24, 2.45) is 0 Å². The van der Waals surface area contributed by atoms with Crippen LogP contribution in [0.25, 0.3) is 12.2 Å². The average Bonchev–Trinajstić information content (AvgIpc) is 2.38. The molecule has 1 aromatic heterocycles. The number of rotatable bonds is 3. The van der Waals surface area contributed by atoms with Crippen LogP contribution in [0.4, 0.5) is 0 Å². The predicted octanol–water partition coefficient (Wildman–Crippen LogP) is 4.37. The van der Waals surface area contributed by atoms with E-state index < -0.39 is 5.97 Å². The molecule has 0 fully saturated rings. The maximum Gasteiger partial charge on any atom is 0.337 e. The van der Waals surface area contributed by atoms with Crippen molar-refractivity contribution in [2.75, 3.05) is 0 Å². The molecule has 0 unspecified atom stereocenters. The number of carboxylic acids is 1. The lowest BCUT2D eigenvalue weighted by atomic mass is 10.1. The van der Waals surface area contributed by atoms with Gasteiger partial charge in [-0.05, 0) is 23.8 Å². The minimum Gasteiger partial charge on any atom is -0.478 e. The smallest absolute Gasteiger partial charge is 0.337 e. The van der Waals surface area contributed by atoms with Crippen LogP contribution in [0.15, 0.2) is 41.0 Å². The lowest BCUT2D eigenvalue weighted by Crippen LogP contribution is -2.01. The summed E-state index contributed by atoms with van der Waals surface area (Å²) < 4.78 is 0.928. The van der Waals surface area contributed by atoms with Crippen molar-refractivity contribution < 1.29 is 9.90 Å². The van der Waals surface area contributed by atoms with Crippen LogP contribution >= 0.6 is 27.5 Å². The molecular weight excluding hydrogens is 330 g/mol. The third-order valence-electron chi connectivity index (χ3n) is 2.44. The normalized spacial score (nSPS) is 10.8. The Balaban J connectivity index is 2.39. The Labute approximate surface area is 123 Å². The molecule has 0 aliphatic heterocycles. The SMILES string of the molecule is O=C(O)c1cc(Cl)cnc1C=Cc1ccccc1Br. The fraction of sp³-hybridized carbons (Fsp3) is 0. The van der Waals surface area contributed by atoms with Crippen LogP contribution in [0.1, 0.15) is 21.6 Å². The third-order valence-corrected chi connectivity index (χ3v) is 3.37. The van der Waals surface area contributed by atoms with Gasteiger partial charge in [-0.25, -0.2) is 4.79 Å². The standard InChI is InChI=1S/C14H9BrClNO2/c15-12-4-2-1-3-9(12)5-6-13-11(14(18)19)7-10(16)8-17-13/h1-8H,(H,18,19). The van der Waals surface area contributed by atoms with Crippen molar-refractivity contribution in [1.29, 1.82) is 0 Å². The average molecular weight is 339 g/mol. The summed E-state index contributed by atoms with van der Waals surface area (Å²) in [5.41, 5.74) is 1.39. The van der Waals surface area contributed by atoms with Crippen molar-refractivity contribution in [2.45, 2.75) is 0 Å². The zero-order valence-corrected chi connectivity index (χ0v) is 12.0. The first-order valence-corrected chi connectivity index (χ1v) is 6.56. The lowest BCUT2D eigenvalue weighted by Gasteiger charge is -2.01. The van der Waals surface area contributed by atoms with Gasteiger partial charge in [0.1, 0.15) is 0 Å². The van der Waals surface area contributed by atoms with E-state index in [1.165, 1.54) is 12.3 Å². The minimum absolute atomic E-state index is 0.0794. The van der Waals surface area contributed by atoms with Crippen molar-refractivity contribution in [3.63, 3.8) is 0 Å². The van der Waals surface area contributed by atoms with E-state index >= 15 is 0 Å². The van der Waals surface area contributed by atoms with Gasteiger partial charge in [0.25, 0.3) is 0 Å². The molecule has 19 heavy (non-hydrogen) atoms. The number of carboxylic acid groups (broad SMARTS) is 1. The number of pyridine rings is 1. The van der Waals surface area contributed by atoms with Crippen molar-refractivity contribution in [1.82, 2.24) is 4.98 Å². The molecule has 5 heteroatoms. The van der Waals surface area contributed by atoms with Crippen molar-refractivity contribution >= 4 is 45.7 Å². The zero-order valence-electron chi connectivity index (χ0n) is 9.68. The highest BCUT2D eigenvalue weighted by Crippen LogP contribution is 2.20. The van der Waals surface area contributed by atoms with Crippen molar-refractivity contribution in [3.05, 3.63) is 62.8 Å². The first-order chi connectivity index (χ1) is 9.08. The molecule has 0 saturated carbocycles. The highest BCUT2D eigenvalue weighted by Gasteiger charge is 2.09. The maximum atomic E-state index is 11.1. The molecule has 3 nitrogen and oxygen atoms in total. The molecule has 2 aromatic rings. The van der Waals surface area contributed by atoms with Gasteiger partial charge in [-0.3, -0.25) is 4.98 Å². The van der Waals surface area contributed by atoms with E-state index in [2.05, 4.69) is 20.9 Å². The molecule has 0 atom stereocenters. The van der Waals surface area contributed by atoms with E-state index in [9.17, 15) is 4.79 Å². The summed E-state index contributed by atoms with van der Waals surface area (Å²) in [5, 5.41) is 9.40. The van der Waals surface area contributed by atoms with Crippen LogP contribution in [-0.2, 0) is 0 Å². The molecule has 1 N–H and O–H groups in total. The highest BCUT2D eigenvalue weighted by molar-refractivity contribution is 9.10. The second kappa shape index (κ2) is 5.99. The second-order valence-electron chi connectivity index (χ2n) is 3.75. The van der Waals surface area contributed by atoms with Gasteiger partial charge >= 0.3 is 5.97 Å². The van der Waals surface area contributed by atoms with E-state index in [4.69, 9.17) is 16.7 Å². The predicted molar refractivity (Wildman–Crippen MR) is 79.3 cm³/mol. The lowest BCUT2D eigenvalue weighted by molar-refractivity contribution is 0.0696. The fourth-order valence-electron chi connectivity index (χ4n) is 1.53. The Bertz CT molecular complexity index is 656. The third kappa shape index (κ3) is 3.43. The number of benzene rings is 1. The largest absolute Gasteiger partial charge is 0.478 e. The van der Waals surface area contributed by atoms with Crippen LogP contribution in [0.3, 0.4) is 0 Å². The minimum atomic E-state index is -1.05. The number of halogens is 2. The maximum absolute atomic E-state index is 11.1. The van der Waals surface area contributed by atoms with Crippen molar-refractivity contribution in [3.8, 4) is 0 Å². The zero-order chi connectivity index (χ0) is 13.8. The fourth-order valence-corrected chi connectivity index (χ4v) is 2.11. The summed E-state index contributed by atoms with van der Waals surface area (Å²) in [5.74, 6) is -1.05. The van der Waals surface area contributed by atoms with Gasteiger partial charge in [0, 0.05) is 10.7 Å². The molecule has 0 amide bonds. The van der Waals surface area contributed by atoms with E-state index in [1.54, 1.807) is 12.2 Å². The number of aromatic carboxylic acids is 1. The monoisotopic (exact) mass is 337 g/mol. The van der Waals surface area contributed by atoms with E-state index in [-0.39, 0.29) is 5.56 Å². The molecule has 0 aliphatic carbocycles. The molecule has 0 saturated heterocycles. The Morgan fingerprint density at radius 3 is 2.74 bits per heavy atom. The molecule has 0 aliphatic rings. The summed E-state index contributed by atoms with van der Waals surface area (Å²) in [6, 6.07) is 9.02. The molecule has 0 spiro atoms. The number of carbonyl (C=O) groups is 1. The summed E-state index contributed by atoms with van der Waals surface area (Å²) in [6.07, 6.45) is 4.88. The Morgan fingerprint density at radius 1 is 1.32 bits per heavy atom. The highest BCUT2D eigenvalue weighted by atomic mass is 79.9. The van der Waals surface area contributed by atoms with Crippen LogP contribution in [0.2, 0.25) is 5.02 Å². The Hall–Kier alpha value is -1.65. The molecule has 0 radical (unpaired) electrons. The van der Waals surface area contributed by atoms with Crippen LogP contribution in [0, 0.1) is 0 Å². The van der Waals surface area contributed by atoms with Gasteiger partial charge in [-0.2, -0.15) is 0 Å². The Kier molecular flexibility index (Phi) is 4.35. The summed E-state index contributed by atoms with van der Waals surface area (Å²) in [6.45, 7) is 0. The summed E-state index contributed by atoms with van der Waals surface area (Å²) >= 11 is 9.17. The molecule has 1 aromatic carbocycles. The first-order valence-electron chi connectivity index (χ1n) is 5.39. The summed E-state index contributed by atoms with van der Waals surface area (Å²) in [7, 11) is 0. The number of nitrogens with zero attached hydrogens (tertiary/aromatic N) is 1. The van der Waals surface area contributed by atoms with Gasteiger partial charge in [0.15, 0.2) is 0 Å². The topological polar surface area (TPSA) is 50.2 Å². The van der Waals surface area contributed by atoms with Gasteiger partial charge in [-0.1, -0.05) is 51.8 Å². The Morgan fingerprint density at radius 2 is 2.05 bits per heavy atom. The molecule has 0 bridgehead atoms. The van der Waals surface area contributed by atoms with E-state index in [0.717, 1.165) is 10.0 Å². The van der Waals surface area contributed by atoms with Crippen LogP contribution in [-0.4, -0.2) is 16.1 Å².